The number of hydrogen-bond acceptors (Lipinski definition) is 7. The summed E-state index contributed by atoms with van der Waals surface area (Å²) < 4.78 is 1.68. The molecule has 10 nitrogen and oxygen atoms in total. The van der Waals surface area contributed by atoms with E-state index in [0.29, 0.717) is 38.3 Å². The Morgan fingerprint density at radius 3 is 2.78 bits per heavy atom. The van der Waals surface area contributed by atoms with Crippen molar-refractivity contribution in [1.82, 2.24) is 35.3 Å². The molecule has 0 saturated carbocycles. The van der Waals surface area contributed by atoms with E-state index in [1.807, 2.05) is 50.4 Å². The van der Waals surface area contributed by atoms with E-state index in [1.54, 1.807) is 17.1 Å². The van der Waals surface area contributed by atoms with Gasteiger partial charge in [0, 0.05) is 56.0 Å². The molecule has 3 N–H and O–H groups in total. The molecule has 0 aliphatic carbocycles. The average molecular weight is 487 g/mol. The third-order valence-corrected chi connectivity index (χ3v) is 6.39. The number of anilines is 1. The van der Waals surface area contributed by atoms with Crippen LogP contribution >= 0.6 is 0 Å². The molecular weight excluding hydrogens is 456 g/mol. The molecule has 10 heteroatoms. The maximum absolute atomic E-state index is 12.8. The summed E-state index contributed by atoms with van der Waals surface area (Å²) in [6.45, 7) is 5.37. The first-order valence-electron chi connectivity index (χ1n) is 12.1. The molecule has 36 heavy (non-hydrogen) atoms. The van der Waals surface area contributed by atoms with Crippen molar-refractivity contribution in [3.8, 4) is 5.82 Å². The maximum atomic E-state index is 12.8. The van der Waals surface area contributed by atoms with E-state index in [2.05, 4.69) is 36.6 Å². The minimum Gasteiger partial charge on any atom is -0.390 e. The number of β-amino-alcohol motifs (C(OH)–C–C–N with tert-alkyl or cyclic N) is 1. The first kappa shape index (κ1) is 23.7. The van der Waals surface area contributed by atoms with Crippen molar-refractivity contribution in [1.29, 1.82) is 0 Å². The number of aliphatic hydroxyl groups excluding tert-OH is 1. The number of carbonyl (C=O) groups excluding carboxylic acids is 1. The Bertz CT molecular complexity index is 1320. The first-order valence-corrected chi connectivity index (χ1v) is 12.1. The lowest BCUT2D eigenvalue weighted by Gasteiger charge is -2.36. The highest BCUT2D eigenvalue weighted by Crippen LogP contribution is 2.24. The molecule has 0 bridgehead atoms. The van der Waals surface area contributed by atoms with Gasteiger partial charge in [-0.15, -0.1) is 0 Å². The molecule has 1 amide bonds. The summed E-state index contributed by atoms with van der Waals surface area (Å²) in [5, 5.41) is 25.2. The molecule has 1 saturated heterocycles. The zero-order valence-electron chi connectivity index (χ0n) is 20.4. The molecule has 186 valence electrons. The van der Waals surface area contributed by atoms with Gasteiger partial charge in [-0.05, 0) is 61.7 Å². The summed E-state index contributed by atoms with van der Waals surface area (Å²) in [6, 6.07) is 11.7. The Balaban J connectivity index is 1.17. The number of H-pyrrole nitrogens is 1. The van der Waals surface area contributed by atoms with Gasteiger partial charge < -0.3 is 15.3 Å². The van der Waals surface area contributed by atoms with E-state index in [0.717, 1.165) is 34.0 Å². The number of aromatic nitrogens is 6. The summed E-state index contributed by atoms with van der Waals surface area (Å²) in [5.74, 6) is 0.919. The van der Waals surface area contributed by atoms with Gasteiger partial charge in [-0.2, -0.15) is 10.2 Å². The molecule has 4 aromatic rings. The average Bonchev–Trinajstić information content (AvgIpc) is 3.54. The second kappa shape index (κ2) is 10.3. The molecule has 0 unspecified atom stereocenters. The van der Waals surface area contributed by atoms with E-state index in [4.69, 9.17) is 4.98 Å². The third kappa shape index (κ3) is 5.44. The van der Waals surface area contributed by atoms with Crippen molar-refractivity contribution in [3.63, 3.8) is 0 Å². The van der Waals surface area contributed by atoms with Gasteiger partial charge in [0.15, 0.2) is 5.82 Å². The van der Waals surface area contributed by atoms with Crippen LogP contribution in [-0.4, -0.2) is 60.2 Å². The highest BCUT2D eigenvalue weighted by molar-refractivity contribution is 5.79. The topological polar surface area (TPSA) is 125 Å². The normalized spacial score (nSPS) is 17.8. The highest BCUT2D eigenvalue weighted by atomic mass is 16.3. The largest absolute Gasteiger partial charge is 0.390 e. The summed E-state index contributed by atoms with van der Waals surface area (Å²) in [4.78, 5) is 24.1. The lowest BCUT2D eigenvalue weighted by atomic mass is 9.92. The first-order chi connectivity index (χ1) is 17.4. The van der Waals surface area contributed by atoms with Crippen LogP contribution in [-0.2, 0) is 17.8 Å². The zero-order valence-corrected chi connectivity index (χ0v) is 20.4. The van der Waals surface area contributed by atoms with Gasteiger partial charge >= 0.3 is 0 Å². The second-order valence-corrected chi connectivity index (χ2v) is 9.31. The summed E-state index contributed by atoms with van der Waals surface area (Å²) in [6.07, 6.45) is 5.65. The molecule has 4 aromatic heterocycles. The number of amides is 1. The van der Waals surface area contributed by atoms with E-state index < -0.39 is 12.0 Å². The van der Waals surface area contributed by atoms with E-state index in [1.165, 1.54) is 0 Å². The number of nitrogens with zero attached hydrogens (tertiary/aromatic N) is 6. The number of pyridine rings is 2. The fourth-order valence-corrected chi connectivity index (χ4v) is 4.55. The number of rotatable bonds is 7. The molecule has 0 aromatic carbocycles. The number of piperidine rings is 1. The molecular formula is C26H30N8O2. The van der Waals surface area contributed by atoms with Gasteiger partial charge in [0.05, 0.1) is 17.7 Å². The Hall–Kier alpha value is -4.05. The van der Waals surface area contributed by atoms with Crippen LogP contribution in [0.2, 0.25) is 0 Å². The van der Waals surface area contributed by atoms with Crippen molar-refractivity contribution < 1.29 is 9.90 Å². The van der Waals surface area contributed by atoms with Crippen LogP contribution in [0.3, 0.4) is 0 Å². The SMILES string of the molecule is Cc1cc(Cc2cc(C)[nH]n2)nc(N2CC[C@H](C(=O)NCc3ccc(-n4cccn4)nc3)[C@@H](O)C2)c1. The standard InChI is InChI=1S/C26H30N8O2/c1-17-10-20(13-21-12-18(2)31-32-21)30-25(11-17)33-9-6-22(23(35)16-33)26(36)28-15-19-4-5-24(27-14-19)34-8-3-7-29-34/h3-5,7-8,10-12,14,22-23,35H,6,9,13,15-16H2,1-2H3,(H,28,36)(H,31,32)/t22-,23-/m0/s1. The Morgan fingerprint density at radius 1 is 1.19 bits per heavy atom. The predicted octanol–water partition coefficient (Wildman–Crippen LogP) is 2.10. The predicted molar refractivity (Wildman–Crippen MR) is 135 cm³/mol. The second-order valence-electron chi connectivity index (χ2n) is 9.31. The number of aryl methyl sites for hydroxylation is 2. The van der Waals surface area contributed by atoms with Crippen LogP contribution in [0.25, 0.3) is 5.82 Å². The number of aliphatic hydroxyl groups is 1. The quantitative estimate of drug-likeness (QED) is 0.365. The molecule has 5 rings (SSSR count). The van der Waals surface area contributed by atoms with Crippen LogP contribution in [0, 0.1) is 19.8 Å². The van der Waals surface area contributed by atoms with Crippen molar-refractivity contribution in [3.05, 3.63) is 83.2 Å². The molecule has 1 aliphatic rings. The maximum Gasteiger partial charge on any atom is 0.226 e. The van der Waals surface area contributed by atoms with Crippen LogP contribution in [0.5, 0.6) is 0 Å². The van der Waals surface area contributed by atoms with Crippen molar-refractivity contribution >= 4 is 11.7 Å². The Kier molecular flexibility index (Phi) is 6.77. The monoisotopic (exact) mass is 486 g/mol. The van der Waals surface area contributed by atoms with E-state index in [-0.39, 0.29) is 5.91 Å². The minimum absolute atomic E-state index is 0.148. The lowest BCUT2D eigenvalue weighted by molar-refractivity contribution is -0.129. The summed E-state index contributed by atoms with van der Waals surface area (Å²) in [7, 11) is 0. The van der Waals surface area contributed by atoms with Gasteiger partial charge in [0.1, 0.15) is 5.82 Å². The molecule has 1 aliphatic heterocycles. The van der Waals surface area contributed by atoms with Gasteiger partial charge in [0.25, 0.3) is 0 Å². The Morgan fingerprint density at radius 2 is 2.08 bits per heavy atom. The molecule has 5 heterocycles. The van der Waals surface area contributed by atoms with Gasteiger partial charge in [0.2, 0.25) is 5.91 Å². The number of hydrogen-bond donors (Lipinski definition) is 3. The van der Waals surface area contributed by atoms with Gasteiger partial charge in [-0.1, -0.05) is 6.07 Å². The fraction of sp³-hybridized carbons (Fsp3) is 0.346. The molecule has 0 spiro atoms. The van der Waals surface area contributed by atoms with Crippen molar-refractivity contribution in [2.45, 2.75) is 39.3 Å². The molecule has 2 atom stereocenters. The number of aromatic amines is 1. The minimum atomic E-state index is -0.779. The molecule has 0 radical (unpaired) electrons. The lowest BCUT2D eigenvalue weighted by Crippen LogP contribution is -2.49. The molecule has 1 fully saturated rings. The third-order valence-electron chi connectivity index (χ3n) is 6.39. The summed E-state index contributed by atoms with van der Waals surface area (Å²) >= 11 is 0. The van der Waals surface area contributed by atoms with Crippen LogP contribution < -0.4 is 10.2 Å². The van der Waals surface area contributed by atoms with Gasteiger partial charge in [-0.25, -0.2) is 14.6 Å². The van der Waals surface area contributed by atoms with Crippen LogP contribution in [0.1, 0.15) is 34.6 Å². The van der Waals surface area contributed by atoms with Crippen molar-refractivity contribution in [2.24, 2.45) is 5.92 Å². The van der Waals surface area contributed by atoms with E-state index in [9.17, 15) is 9.90 Å². The summed E-state index contributed by atoms with van der Waals surface area (Å²) in [5.41, 5.74) is 4.87. The fourth-order valence-electron chi connectivity index (χ4n) is 4.55. The number of carbonyl (C=O) groups is 1. The zero-order chi connectivity index (χ0) is 25.1. The van der Waals surface area contributed by atoms with E-state index >= 15 is 0 Å². The van der Waals surface area contributed by atoms with Gasteiger partial charge in [-0.3, -0.25) is 9.89 Å². The highest BCUT2D eigenvalue weighted by Gasteiger charge is 2.33. The van der Waals surface area contributed by atoms with Crippen LogP contribution in [0.15, 0.2) is 55.0 Å². The van der Waals surface area contributed by atoms with Crippen LogP contribution in [0.4, 0.5) is 5.82 Å². The Labute approximate surface area is 209 Å². The number of nitrogens with one attached hydrogen (secondary N) is 2. The smallest absolute Gasteiger partial charge is 0.226 e. The van der Waals surface area contributed by atoms with Crippen molar-refractivity contribution in [2.75, 3.05) is 18.0 Å².